The molecule has 1 aromatic heterocycles. The lowest BCUT2D eigenvalue weighted by atomic mass is 10.1. The van der Waals surface area contributed by atoms with Gasteiger partial charge in [0, 0.05) is 19.6 Å². The molecule has 2 aromatic rings. The van der Waals surface area contributed by atoms with Gasteiger partial charge in [0.25, 0.3) is 0 Å². The first-order chi connectivity index (χ1) is 11.1. The zero-order valence-electron chi connectivity index (χ0n) is 14.2. The number of aromatic nitrogens is 2. The number of thioether (sulfide) groups is 1. The van der Waals surface area contributed by atoms with Crippen LogP contribution in [0.2, 0.25) is 0 Å². The van der Waals surface area contributed by atoms with Crippen LogP contribution in [0.1, 0.15) is 33.1 Å². The average Bonchev–Trinajstić information content (AvgIpc) is 3.32. The summed E-state index contributed by atoms with van der Waals surface area (Å²) in [4.78, 5) is 18.9. The molecular formula is C18H25N3OS. The van der Waals surface area contributed by atoms with E-state index in [0.717, 1.165) is 36.5 Å². The number of fused-ring (bicyclic) bond motifs is 1. The molecular weight excluding hydrogens is 306 g/mol. The molecule has 23 heavy (non-hydrogen) atoms. The minimum atomic E-state index is 0.208. The Labute approximate surface area is 142 Å². The highest BCUT2D eigenvalue weighted by Crippen LogP contribution is 2.28. The van der Waals surface area contributed by atoms with Gasteiger partial charge in [-0.25, -0.2) is 4.98 Å². The van der Waals surface area contributed by atoms with E-state index in [1.807, 2.05) is 24.1 Å². The molecule has 5 heteroatoms. The first-order valence-corrected chi connectivity index (χ1v) is 9.38. The van der Waals surface area contributed by atoms with Gasteiger partial charge in [-0.05, 0) is 37.3 Å². The Kier molecular flexibility index (Phi) is 4.95. The van der Waals surface area contributed by atoms with Gasteiger partial charge in [0.05, 0.1) is 16.8 Å². The maximum Gasteiger partial charge on any atom is 0.233 e. The Morgan fingerprint density at radius 2 is 2.13 bits per heavy atom. The number of carbonyl (C=O) groups is 1. The maximum atomic E-state index is 12.3. The number of para-hydroxylation sites is 2. The fourth-order valence-corrected chi connectivity index (χ4v) is 3.63. The van der Waals surface area contributed by atoms with Gasteiger partial charge in [0.15, 0.2) is 5.16 Å². The van der Waals surface area contributed by atoms with E-state index in [4.69, 9.17) is 4.98 Å². The SMILES string of the molecule is CC(C)CCn1c(SCC(=O)N(C)C2CC2)nc2ccccc21. The van der Waals surface area contributed by atoms with Gasteiger partial charge in [-0.2, -0.15) is 0 Å². The summed E-state index contributed by atoms with van der Waals surface area (Å²) in [7, 11) is 1.92. The van der Waals surface area contributed by atoms with Crippen LogP contribution in [0.3, 0.4) is 0 Å². The zero-order chi connectivity index (χ0) is 16.4. The standard InChI is InChI=1S/C18H25N3OS/c1-13(2)10-11-21-16-7-5-4-6-15(16)19-18(21)23-12-17(22)20(3)14-8-9-14/h4-7,13-14H,8-12H2,1-3H3. The number of aryl methyl sites for hydroxylation is 1. The first-order valence-electron chi connectivity index (χ1n) is 8.40. The normalized spacial score (nSPS) is 14.6. The van der Waals surface area contributed by atoms with Crippen LogP contribution in [0.15, 0.2) is 29.4 Å². The van der Waals surface area contributed by atoms with Crippen molar-refractivity contribution >= 4 is 28.7 Å². The van der Waals surface area contributed by atoms with Crippen molar-refractivity contribution in [1.82, 2.24) is 14.5 Å². The molecule has 1 aliphatic carbocycles. The molecule has 0 N–H and O–H groups in total. The van der Waals surface area contributed by atoms with E-state index < -0.39 is 0 Å². The molecule has 3 rings (SSSR count). The third-order valence-electron chi connectivity index (χ3n) is 4.36. The van der Waals surface area contributed by atoms with Crippen molar-refractivity contribution in [2.45, 2.75) is 50.9 Å². The molecule has 124 valence electrons. The van der Waals surface area contributed by atoms with Gasteiger partial charge in [-0.1, -0.05) is 37.7 Å². The Morgan fingerprint density at radius 3 is 2.83 bits per heavy atom. The maximum absolute atomic E-state index is 12.3. The van der Waals surface area contributed by atoms with E-state index in [9.17, 15) is 4.79 Å². The highest BCUT2D eigenvalue weighted by molar-refractivity contribution is 7.99. The minimum Gasteiger partial charge on any atom is -0.342 e. The summed E-state index contributed by atoms with van der Waals surface area (Å²) in [5, 5.41) is 0.962. The van der Waals surface area contributed by atoms with Crippen molar-refractivity contribution in [3.8, 4) is 0 Å². The minimum absolute atomic E-state index is 0.208. The Bertz CT molecular complexity index is 691. The molecule has 0 aliphatic heterocycles. The third-order valence-corrected chi connectivity index (χ3v) is 5.32. The molecule has 0 radical (unpaired) electrons. The van der Waals surface area contributed by atoms with Gasteiger partial charge in [0.1, 0.15) is 0 Å². The molecule has 1 saturated carbocycles. The van der Waals surface area contributed by atoms with Crippen LogP contribution < -0.4 is 0 Å². The van der Waals surface area contributed by atoms with Crippen LogP contribution in [0.5, 0.6) is 0 Å². The third kappa shape index (κ3) is 3.89. The summed E-state index contributed by atoms with van der Waals surface area (Å²) in [5.41, 5.74) is 2.18. The van der Waals surface area contributed by atoms with Crippen molar-refractivity contribution in [3.05, 3.63) is 24.3 Å². The molecule has 0 saturated heterocycles. The summed E-state index contributed by atoms with van der Waals surface area (Å²) in [6.07, 6.45) is 3.42. The van der Waals surface area contributed by atoms with Crippen LogP contribution in [-0.2, 0) is 11.3 Å². The predicted molar refractivity (Wildman–Crippen MR) is 95.7 cm³/mol. The van der Waals surface area contributed by atoms with Gasteiger partial charge < -0.3 is 9.47 Å². The molecule has 4 nitrogen and oxygen atoms in total. The highest BCUT2D eigenvalue weighted by Gasteiger charge is 2.29. The first kappa shape index (κ1) is 16.4. The smallest absolute Gasteiger partial charge is 0.233 e. The Balaban J connectivity index is 1.75. The summed E-state index contributed by atoms with van der Waals surface area (Å²) < 4.78 is 2.27. The number of carbonyl (C=O) groups excluding carboxylic acids is 1. The van der Waals surface area contributed by atoms with Crippen molar-refractivity contribution in [1.29, 1.82) is 0 Å². The summed E-state index contributed by atoms with van der Waals surface area (Å²) in [5.74, 6) is 1.33. The van der Waals surface area contributed by atoms with Crippen LogP contribution in [-0.4, -0.2) is 39.2 Å². The van der Waals surface area contributed by atoms with E-state index in [-0.39, 0.29) is 5.91 Å². The predicted octanol–water partition coefficient (Wildman–Crippen LogP) is 3.80. The van der Waals surface area contributed by atoms with Crippen LogP contribution in [0.4, 0.5) is 0 Å². The number of imidazole rings is 1. The van der Waals surface area contributed by atoms with Crippen molar-refractivity contribution in [2.75, 3.05) is 12.8 Å². The lowest BCUT2D eigenvalue weighted by Gasteiger charge is -2.16. The molecule has 1 amide bonds. The number of amides is 1. The molecule has 1 fully saturated rings. The van der Waals surface area contributed by atoms with Crippen molar-refractivity contribution < 1.29 is 4.79 Å². The van der Waals surface area contributed by atoms with Gasteiger partial charge in [-0.15, -0.1) is 0 Å². The number of rotatable bonds is 7. The summed E-state index contributed by atoms with van der Waals surface area (Å²) in [6.45, 7) is 5.42. The van der Waals surface area contributed by atoms with Gasteiger partial charge in [-0.3, -0.25) is 4.79 Å². The number of benzene rings is 1. The molecule has 1 heterocycles. The fourth-order valence-electron chi connectivity index (χ4n) is 2.66. The molecule has 0 spiro atoms. The lowest BCUT2D eigenvalue weighted by molar-refractivity contribution is -0.127. The second-order valence-electron chi connectivity index (χ2n) is 6.74. The second kappa shape index (κ2) is 6.95. The monoisotopic (exact) mass is 331 g/mol. The average molecular weight is 331 g/mol. The van der Waals surface area contributed by atoms with Crippen molar-refractivity contribution in [2.24, 2.45) is 5.92 Å². The molecule has 0 atom stereocenters. The Hall–Kier alpha value is -1.49. The number of hydrogen-bond donors (Lipinski definition) is 0. The molecule has 1 aliphatic rings. The van der Waals surface area contributed by atoms with Gasteiger partial charge >= 0.3 is 0 Å². The van der Waals surface area contributed by atoms with Gasteiger partial charge in [0.2, 0.25) is 5.91 Å². The quantitative estimate of drug-likeness (QED) is 0.724. The van der Waals surface area contributed by atoms with E-state index in [1.165, 1.54) is 5.52 Å². The largest absolute Gasteiger partial charge is 0.342 e. The number of hydrogen-bond acceptors (Lipinski definition) is 3. The van der Waals surface area contributed by atoms with Crippen molar-refractivity contribution in [3.63, 3.8) is 0 Å². The lowest BCUT2D eigenvalue weighted by Crippen LogP contribution is -2.30. The van der Waals surface area contributed by atoms with E-state index in [1.54, 1.807) is 11.8 Å². The fraction of sp³-hybridized carbons (Fsp3) is 0.556. The van der Waals surface area contributed by atoms with E-state index >= 15 is 0 Å². The van der Waals surface area contributed by atoms with E-state index in [0.29, 0.717) is 17.7 Å². The molecule has 1 aromatic carbocycles. The molecule has 0 unspecified atom stereocenters. The van der Waals surface area contributed by atoms with Crippen LogP contribution in [0.25, 0.3) is 11.0 Å². The zero-order valence-corrected chi connectivity index (χ0v) is 15.0. The second-order valence-corrected chi connectivity index (χ2v) is 7.68. The number of nitrogens with zero attached hydrogens (tertiary/aromatic N) is 3. The van der Waals surface area contributed by atoms with E-state index in [2.05, 4.69) is 30.5 Å². The highest BCUT2D eigenvalue weighted by atomic mass is 32.2. The summed E-state index contributed by atoms with van der Waals surface area (Å²) >= 11 is 1.57. The topological polar surface area (TPSA) is 38.1 Å². The molecule has 0 bridgehead atoms. The van der Waals surface area contributed by atoms with Crippen LogP contribution >= 0.6 is 11.8 Å². The summed E-state index contributed by atoms with van der Waals surface area (Å²) in [6, 6.07) is 8.70. The Morgan fingerprint density at radius 1 is 1.39 bits per heavy atom. The van der Waals surface area contributed by atoms with Crippen LogP contribution in [0, 0.1) is 5.92 Å².